The SMILES string of the molecule is CC(NC(=O)c1ccccc1)C(=O)NCCNC(=O)Cc1ccccc1. The molecule has 0 aliphatic heterocycles. The molecule has 0 saturated heterocycles. The fourth-order valence-electron chi connectivity index (χ4n) is 2.32. The van der Waals surface area contributed by atoms with Crippen molar-refractivity contribution >= 4 is 17.7 Å². The summed E-state index contributed by atoms with van der Waals surface area (Å²) < 4.78 is 0. The monoisotopic (exact) mass is 353 g/mol. The molecule has 0 saturated carbocycles. The van der Waals surface area contributed by atoms with Crippen LogP contribution in [0.25, 0.3) is 0 Å². The summed E-state index contributed by atoms with van der Waals surface area (Å²) in [5.74, 6) is -0.702. The van der Waals surface area contributed by atoms with E-state index in [1.807, 2.05) is 36.4 Å². The topological polar surface area (TPSA) is 87.3 Å². The van der Waals surface area contributed by atoms with Crippen LogP contribution in [-0.4, -0.2) is 36.9 Å². The van der Waals surface area contributed by atoms with Gasteiger partial charge in [0.15, 0.2) is 0 Å². The molecule has 0 spiro atoms. The lowest BCUT2D eigenvalue weighted by atomic mass is 10.1. The van der Waals surface area contributed by atoms with Gasteiger partial charge in [-0.1, -0.05) is 48.5 Å². The van der Waals surface area contributed by atoms with E-state index >= 15 is 0 Å². The number of carbonyl (C=O) groups is 3. The summed E-state index contributed by atoms with van der Waals surface area (Å²) in [7, 11) is 0. The van der Waals surface area contributed by atoms with E-state index in [0.29, 0.717) is 25.1 Å². The summed E-state index contributed by atoms with van der Waals surface area (Å²) in [6.45, 7) is 2.24. The van der Waals surface area contributed by atoms with Crippen LogP contribution in [0.15, 0.2) is 60.7 Å². The number of carbonyl (C=O) groups excluding carboxylic acids is 3. The highest BCUT2D eigenvalue weighted by molar-refractivity contribution is 5.97. The van der Waals surface area contributed by atoms with Gasteiger partial charge in [-0.25, -0.2) is 0 Å². The predicted molar refractivity (Wildman–Crippen MR) is 99.5 cm³/mol. The van der Waals surface area contributed by atoms with E-state index in [1.54, 1.807) is 31.2 Å². The molecular formula is C20H23N3O3. The maximum Gasteiger partial charge on any atom is 0.251 e. The van der Waals surface area contributed by atoms with Crippen molar-refractivity contribution in [2.75, 3.05) is 13.1 Å². The largest absolute Gasteiger partial charge is 0.354 e. The predicted octanol–water partition coefficient (Wildman–Crippen LogP) is 1.28. The molecule has 3 N–H and O–H groups in total. The number of hydrogen-bond acceptors (Lipinski definition) is 3. The van der Waals surface area contributed by atoms with E-state index in [0.717, 1.165) is 5.56 Å². The Bertz CT molecular complexity index is 732. The highest BCUT2D eigenvalue weighted by Gasteiger charge is 2.15. The molecule has 6 heteroatoms. The van der Waals surface area contributed by atoms with Crippen molar-refractivity contribution < 1.29 is 14.4 Å². The molecule has 0 aliphatic rings. The molecule has 0 bridgehead atoms. The lowest BCUT2D eigenvalue weighted by Crippen LogP contribution is -2.46. The minimum absolute atomic E-state index is 0.101. The molecule has 0 aliphatic carbocycles. The molecular weight excluding hydrogens is 330 g/mol. The van der Waals surface area contributed by atoms with E-state index in [-0.39, 0.29) is 17.7 Å². The number of rotatable bonds is 8. The van der Waals surface area contributed by atoms with Gasteiger partial charge in [-0.3, -0.25) is 14.4 Å². The first-order chi connectivity index (χ1) is 12.6. The molecule has 2 aromatic carbocycles. The van der Waals surface area contributed by atoms with E-state index < -0.39 is 6.04 Å². The van der Waals surface area contributed by atoms with Gasteiger partial charge >= 0.3 is 0 Å². The Hall–Kier alpha value is -3.15. The third-order valence-corrected chi connectivity index (χ3v) is 3.73. The molecule has 0 radical (unpaired) electrons. The van der Waals surface area contributed by atoms with Crippen LogP contribution in [0.2, 0.25) is 0 Å². The average Bonchev–Trinajstić information content (AvgIpc) is 2.66. The van der Waals surface area contributed by atoms with Crippen LogP contribution < -0.4 is 16.0 Å². The Morgan fingerprint density at radius 1 is 0.846 bits per heavy atom. The van der Waals surface area contributed by atoms with Gasteiger partial charge in [-0.15, -0.1) is 0 Å². The lowest BCUT2D eigenvalue weighted by molar-refractivity contribution is -0.123. The molecule has 26 heavy (non-hydrogen) atoms. The second-order valence-corrected chi connectivity index (χ2v) is 5.86. The van der Waals surface area contributed by atoms with Crippen LogP contribution >= 0.6 is 0 Å². The minimum atomic E-state index is -0.664. The molecule has 1 atom stereocenters. The molecule has 3 amide bonds. The van der Waals surface area contributed by atoms with Crippen LogP contribution in [0.5, 0.6) is 0 Å². The summed E-state index contributed by atoms with van der Waals surface area (Å²) in [6, 6.07) is 17.5. The average molecular weight is 353 g/mol. The second kappa shape index (κ2) is 9.98. The van der Waals surface area contributed by atoms with Crippen molar-refractivity contribution in [2.45, 2.75) is 19.4 Å². The van der Waals surface area contributed by atoms with Gasteiger partial charge in [0.25, 0.3) is 5.91 Å². The first-order valence-electron chi connectivity index (χ1n) is 8.50. The van der Waals surface area contributed by atoms with E-state index in [1.165, 1.54) is 0 Å². The minimum Gasteiger partial charge on any atom is -0.354 e. The van der Waals surface area contributed by atoms with Crippen LogP contribution in [0.3, 0.4) is 0 Å². The zero-order valence-corrected chi connectivity index (χ0v) is 14.7. The summed E-state index contributed by atoms with van der Waals surface area (Å²) in [6.07, 6.45) is 0.304. The Labute approximate surface area is 153 Å². The third-order valence-electron chi connectivity index (χ3n) is 3.73. The van der Waals surface area contributed by atoms with Gasteiger partial charge in [0.1, 0.15) is 6.04 Å². The zero-order valence-electron chi connectivity index (χ0n) is 14.7. The van der Waals surface area contributed by atoms with Gasteiger partial charge in [0, 0.05) is 18.7 Å². The van der Waals surface area contributed by atoms with Crippen LogP contribution in [0, 0.1) is 0 Å². The van der Waals surface area contributed by atoms with Crippen molar-refractivity contribution in [3.05, 3.63) is 71.8 Å². The number of hydrogen-bond donors (Lipinski definition) is 3. The highest BCUT2D eigenvalue weighted by atomic mass is 16.2. The van der Waals surface area contributed by atoms with Crippen molar-refractivity contribution in [3.8, 4) is 0 Å². The molecule has 2 aromatic rings. The standard InChI is InChI=1S/C20H23N3O3/c1-15(23-20(26)17-10-6-3-7-11-17)19(25)22-13-12-21-18(24)14-16-8-4-2-5-9-16/h2-11,15H,12-14H2,1H3,(H,21,24)(H,22,25)(H,23,26). The normalized spacial score (nSPS) is 11.3. The zero-order chi connectivity index (χ0) is 18.8. The molecule has 0 heterocycles. The van der Waals surface area contributed by atoms with Crippen molar-refractivity contribution in [2.24, 2.45) is 0 Å². The summed E-state index contributed by atoms with van der Waals surface area (Å²) in [5, 5.41) is 8.08. The lowest BCUT2D eigenvalue weighted by Gasteiger charge is -2.14. The summed E-state index contributed by atoms with van der Waals surface area (Å²) >= 11 is 0. The Balaban J connectivity index is 1.65. The number of benzene rings is 2. The van der Waals surface area contributed by atoms with Crippen molar-refractivity contribution in [1.82, 2.24) is 16.0 Å². The molecule has 6 nitrogen and oxygen atoms in total. The van der Waals surface area contributed by atoms with E-state index in [4.69, 9.17) is 0 Å². The first-order valence-corrected chi connectivity index (χ1v) is 8.50. The quantitative estimate of drug-likeness (QED) is 0.625. The Morgan fingerprint density at radius 3 is 2.08 bits per heavy atom. The molecule has 1 unspecified atom stereocenters. The fourth-order valence-corrected chi connectivity index (χ4v) is 2.32. The molecule has 2 rings (SSSR count). The molecule has 136 valence electrons. The Morgan fingerprint density at radius 2 is 1.42 bits per heavy atom. The van der Waals surface area contributed by atoms with Gasteiger partial charge in [-0.05, 0) is 24.6 Å². The number of nitrogens with one attached hydrogen (secondary N) is 3. The summed E-state index contributed by atoms with van der Waals surface area (Å²) in [5.41, 5.74) is 1.44. The van der Waals surface area contributed by atoms with Crippen LogP contribution in [0.1, 0.15) is 22.8 Å². The number of amides is 3. The van der Waals surface area contributed by atoms with E-state index in [2.05, 4.69) is 16.0 Å². The van der Waals surface area contributed by atoms with Gasteiger partial charge in [0.2, 0.25) is 11.8 Å². The maximum absolute atomic E-state index is 12.0. The molecule has 0 aromatic heterocycles. The van der Waals surface area contributed by atoms with Gasteiger partial charge in [0.05, 0.1) is 6.42 Å². The fraction of sp³-hybridized carbons (Fsp3) is 0.250. The van der Waals surface area contributed by atoms with E-state index in [9.17, 15) is 14.4 Å². The highest BCUT2D eigenvalue weighted by Crippen LogP contribution is 1.99. The Kier molecular flexibility index (Phi) is 7.36. The molecule has 0 fully saturated rings. The third kappa shape index (κ3) is 6.39. The van der Waals surface area contributed by atoms with Crippen molar-refractivity contribution in [3.63, 3.8) is 0 Å². The second-order valence-electron chi connectivity index (χ2n) is 5.86. The first kappa shape index (κ1) is 19.2. The van der Waals surface area contributed by atoms with Gasteiger partial charge < -0.3 is 16.0 Å². The van der Waals surface area contributed by atoms with Crippen LogP contribution in [-0.2, 0) is 16.0 Å². The van der Waals surface area contributed by atoms with Crippen molar-refractivity contribution in [1.29, 1.82) is 0 Å². The van der Waals surface area contributed by atoms with Crippen LogP contribution in [0.4, 0.5) is 0 Å². The smallest absolute Gasteiger partial charge is 0.251 e. The van der Waals surface area contributed by atoms with Gasteiger partial charge in [-0.2, -0.15) is 0 Å². The maximum atomic E-state index is 12.0. The summed E-state index contributed by atoms with van der Waals surface area (Å²) in [4.78, 5) is 35.8.